The van der Waals surface area contributed by atoms with E-state index in [0.717, 1.165) is 43.1 Å². The van der Waals surface area contributed by atoms with Crippen LogP contribution in [0.25, 0.3) is 31.7 Å². The molecule has 4 heterocycles. The molecule has 0 amide bonds. The number of aryl methyl sites for hydroxylation is 1. The summed E-state index contributed by atoms with van der Waals surface area (Å²) in [6.07, 6.45) is 35.5. The summed E-state index contributed by atoms with van der Waals surface area (Å²) in [5, 5.41) is 0. The maximum Gasteiger partial charge on any atom is 1.00 e. The third-order valence-corrected chi connectivity index (χ3v) is 27.0. The predicted octanol–water partition coefficient (Wildman–Crippen LogP) is 32.3. The summed E-state index contributed by atoms with van der Waals surface area (Å²) >= 11 is 36.2. The van der Waals surface area contributed by atoms with Crippen LogP contribution >= 0.6 is 152 Å². The van der Waals surface area contributed by atoms with Gasteiger partial charge < -0.3 is 6.92 Å². The molecule has 0 saturated heterocycles. The van der Waals surface area contributed by atoms with E-state index >= 15 is 0 Å². The molecule has 4 aromatic heterocycles. The van der Waals surface area contributed by atoms with Gasteiger partial charge in [0.2, 0.25) is 0 Å². The SMILES string of the molecule is C=C=C=C=C=C=C=C=C=C=C=Cc1c(Br)sc(-c2sc(Br)c(CCCCCCCCCCCC)c2Br)c1Br.C=C=C=C=C=C=C=C=C=C=C=Cc1c(C)sc(-c2sc([Si](C)(C)C)c(CCCCCCCCCCCC)c2Br)c1Br.C[Si](C)(C)Cl.[CH2-]CCC.[HH].[HH].[HH].[HH].[HH].[HH].[HH].[HH].[HH].[HH].[HH].[HH].[HH].[HH].[HH].[HH].[HH].[HH].[HH].[HH].[HH].[HH].[HH].[HH].[Li+]. The zero-order valence-corrected chi connectivity index (χ0v) is 70.1. The summed E-state index contributed by atoms with van der Waals surface area (Å²) in [6.45, 7) is 32.9. The van der Waals surface area contributed by atoms with E-state index in [1.807, 2.05) is 34.8 Å². The van der Waals surface area contributed by atoms with Gasteiger partial charge in [0.25, 0.3) is 0 Å². The van der Waals surface area contributed by atoms with Crippen LogP contribution in [0.3, 0.4) is 0 Å². The fourth-order valence-corrected chi connectivity index (χ4v) is 21.6. The molecule has 89 heavy (non-hydrogen) atoms. The van der Waals surface area contributed by atoms with Crippen molar-refractivity contribution in [2.75, 3.05) is 0 Å². The van der Waals surface area contributed by atoms with E-state index in [1.165, 1.54) is 178 Å². The van der Waals surface area contributed by atoms with Gasteiger partial charge in [0.15, 0.2) is 0 Å². The molecule has 0 aliphatic carbocycles. The normalized spacial score (nSPS) is 9.64. The summed E-state index contributed by atoms with van der Waals surface area (Å²) in [5.74, 6) is 0. The third-order valence-electron chi connectivity index (χ3n) is 12.4. The number of unbranched alkanes of at least 4 members (excludes halogenated alkanes) is 19. The predicted molar refractivity (Wildman–Crippen MR) is 471 cm³/mol. The largest absolute Gasteiger partial charge is 1.00 e. The smallest absolute Gasteiger partial charge is 0.343 e. The first kappa shape index (κ1) is 87.1. The molecule has 0 saturated carbocycles. The van der Waals surface area contributed by atoms with E-state index in [2.05, 4.69) is 297 Å². The monoisotopic (exact) mass is 1730 g/mol. The first-order chi connectivity index (χ1) is 42.1. The quantitative estimate of drug-likeness (QED) is 0.0175. The van der Waals surface area contributed by atoms with Gasteiger partial charge in [-0.3, -0.25) is 0 Å². The molecule has 4 rings (SSSR count). The average Bonchev–Trinajstić information content (AvgIpc) is 1.63. The maximum absolute atomic E-state index is 5.67. The molecule has 0 atom stereocenters. The summed E-state index contributed by atoms with van der Waals surface area (Å²) < 4.78 is 8.47. The minimum absolute atomic E-state index is 0. The summed E-state index contributed by atoms with van der Waals surface area (Å²) in [5.41, 5.74) is 58.3. The van der Waals surface area contributed by atoms with Crippen molar-refractivity contribution < 1.29 is 53.1 Å². The number of halogens is 7. The molecule has 0 aliphatic heterocycles. The van der Waals surface area contributed by atoms with Crippen LogP contribution in [-0.2, 0) is 12.8 Å². The second-order valence-corrected chi connectivity index (χ2v) is 45.2. The van der Waals surface area contributed by atoms with E-state index in [4.69, 9.17) is 11.1 Å². The first-order valence-electron chi connectivity index (χ1n) is 30.4. The molecule has 0 nitrogen and oxygen atoms in total. The van der Waals surface area contributed by atoms with E-state index in [9.17, 15) is 0 Å². The van der Waals surface area contributed by atoms with Gasteiger partial charge in [-0.05, 0) is 261 Å². The van der Waals surface area contributed by atoms with Crippen molar-refractivity contribution >= 4 is 184 Å². The minimum atomic E-state index is -1.49. The van der Waals surface area contributed by atoms with Crippen LogP contribution in [0.4, 0.5) is 0 Å². The molecule has 0 radical (unpaired) electrons. The average molecular weight is 1740 g/mol. The molecule has 0 bridgehead atoms. The fraction of sp³-hybridized carbons (Fsp3) is 0.453. The van der Waals surface area contributed by atoms with Crippen LogP contribution in [0, 0.1) is 13.8 Å². The topological polar surface area (TPSA) is 0 Å². The molecule has 4 aromatic rings. The Labute approximate surface area is 658 Å². The standard InChI is InChI=1S/C36H40Br2S2Si.C32H28Br4S2.C4H9.C3H9ClSi.Li.24H2/c1-7-9-11-13-15-17-19-21-23-25-27-30-29(3)39-34(32(30)37)35-33(38)31(36(40-35)41(4,5)6)28-26-24-22-20-18-16-14-12-10-8-2;1-3-5-7-9-11-13-15-17-19-21-23-25-27(33)29(37-31(25)35)30-28(34)26(32(36)38-30)24-22-20-18-16-14-12-10-8-6-4-2;1-3-4-2;1-5(2,3)4;;;;;;;;;;;;;;;;;;;;;;;;;/h27H,1,8,10,12,14,16,18,20,22,24,26,28H2,2-6H3;23H,1,4,6,8,10,12,14,16,18,20,22,24H2,2H3;1,3-4H2,2H3;1-3H3;;24*1H/q;;-1;;+1;;;;;;;;;;;;;;;;;;;;;;;;. The molecule has 14 heteroatoms. The second kappa shape index (κ2) is 53.3. The van der Waals surface area contributed by atoms with E-state index in [0.29, 0.717) is 0 Å². The van der Waals surface area contributed by atoms with Crippen LogP contribution in [0.15, 0.2) is 153 Å². The Balaban J connectivity index is -0.0000000447. The summed E-state index contributed by atoms with van der Waals surface area (Å²) in [6, 6.07) is 0. The maximum atomic E-state index is 5.67. The number of hydrogen-bond acceptors (Lipinski definition) is 4. The van der Waals surface area contributed by atoms with Gasteiger partial charge in [-0.25, -0.2) is 0 Å². The molecule has 0 spiro atoms. The van der Waals surface area contributed by atoms with E-state index < -0.39 is 15.5 Å². The van der Waals surface area contributed by atoms with Crippen molar-refractivity contribution in [2.24, 2.45) is 0 Å². The molecular weight excluding hydrogens is 1610 g/mol. The Hall–Kier alpha value is -1.92. The van der Waals surface area contributed by atoms with Crippen LogP contribution in [-0.4, -0.2) is 15.5 Å². The van der Waals surface area contributed by atoms with Crippen molar-refractivity contribution in [3.8, 4) is 19.5 Å². The van der Waals surface area contributed by atoms with Gasteiger partial charge in [-0.2, -0.15) is 17.5 Å². The Kier molecular flexibility index (Phi) is 52.2. The molecule has 0 aromatic carbocycles. The van der Waals surface area contributed by atoms with Crippen molar-refractivity contribution in [1.29, 1.82) is 0 Å². The van der Waals surface area contributed by atoms with Crippen LogP contribution in [0.1, 0.15) is 223 Å². The zero-order valence-electron chi connectivity index (χ0n) is 54.5. The van der Waals surface area contributed by atoms with Gasteiger partial charge in [0, 0.05) is 68.1 Å². The van der Waals surface area contributed by atoms with Gasteiger partial charge in [-0.15, -0.1) is 45.3 Å². The Morgan fingerprint density at radius 1 is 0.427 bits per heavy atom. The van der Waals surface area contributed by atoms with Crippen molar-refractivity contribution in [3.05, 3.63) is 187 Å². The molecule has 0 fully saturated rings. The van der Waals surface area contributed by atoms with Crippen molar-refractivity contribution in [2.45, 2.75) is 221 Å². The molecule has 516 valence electrons. The van der Waals surface area contributed by atoms with Gasteiger partial charge in [0.1, 0.15) is 7.38 Å². The van der Waals surface area contributed by atoms with E-state index in [1.54, 1.807) is 32.7 Å². The number of hydrogen-bond donors (Lipinski definition) is 0. The van der Waals surface area contributed by atoms with Crippen LogP contribution in [0.5, 0.6) is 0 Å². The van der Waals surface area contributed by atoms with Gasteiger partial charge in [0.05, 0.1) is 35.2 Å². The van der Waals surface area contributed by atoms with Gasteiger partial charge >= 0.3 is 18.9 Å². The van der Waals surface area contributed by atoms with Crippen molar-refractivity contribution in [1.82, 2.24) is 0 Å². The van der Waals surface area contributed by atoms with Crippen LogP contribution in [0.2, 0.25) is 39.3 Å². The van der Waals surface area contributed by atoms with Gasteiger partial charge in [-0.1, -0.05) is 205 Å². The van der Waals surface area contributed by atoms with E-state index in [-0.39, 0.29) is 53.1 Å². The fourth-order valence-electron chi connectivity index (χ4n) is 8.03. The number of rotatable bonds is 28. The van der Waals surface area contributed by atoms with Crippen LogP contribution < -0.4 is 23.4 Å². The summed E-state index contributed by atoms with van der Waals surface area (Å²) in [7, 11) is -2.62. The molecular formula is C75H134Br6ClLiS4Si2. The zero-order chi connectivity index (χ0) is 65.6. The van der Waals surface area contributed by atoms with Crippen molar-refractivity contribution in [3.63, 3.8) is 0 Å². The molecule has 0 N–H and O–H groups in total. The third kappa shape index (κ3) is 38.9. The molecule has 0 unspecified atom stereocenters. The Morgan fingerprint density at radius 2 is 0.730 bits per heavy atom. The second-order valence-electron chi connectivity index (χ2n) is 22.2. The Bertz CT molecular complexity index is 3750. The summed E-state index contributed by atoms with van der Waals surface area (Å²) in [4.78, 5) is 6.27. The molecule has 0 aliphatic rings. The Morgan fingerprint density at radius 3 is 1.12 bits per heavy atom. The number of thiophene rings is 4. The minimum Gasteiger partial charge on any atom is -0.343 e. The first-order valence-corrected chi connectivity index (χ1v) is 46.4.